The normalized spacial score (nSPS) is 16.4. The molecule has 5 heteroatoms. The number of aromatic amines is 1. The summed E-state index contributed by atoms with van der Waals surface area (Å²) in [6.07, 6.45) is 0. The molecule has 2 aromatic rings. The third-order valence-corrected chi connectivity index (χ3v) is 5.64. The van der Waals surface area contributed by atoms with Crippen LogP contribution in [0.2, 0.25) is 0 Å². The summed E-state index contributed by atoms with van der Waals surface area (Å²) in [7, 11) is 0. The number of nitrogens with one attached hydrogen (secondary N) is 1. The Hall–Kier alpha value is -2.40. The van der Waals surface area contributed by atoms with Crippen LogP contribution in [0.3, 0.4) is 0 Å². The van der Waals surface area contributed by atoms with Crippen molar-refractivity contribution in [2.24, 2.45) is 0 Å². The van der Waals surface area contributed by atoms with E-state index in [0.717, 1.165) is 37.4 Å². The van der Waals surface area contributed by atoms with Crippen molar-refractivity contribution >= 4 is 17.3 Å². The Morgan fingerprint density at radius 3 is 2.30 bits per heavy atom. The molecule has 1 N–H and O–H groups in total. The third kappa shape index (κ3) is 3.83. The van der Waals surface area contributed by atoms with E-state index in [2.05, 4.69) is 46.0 Å². The fourth-order valence-electron chi connectivity index (χ4n) is 4.09. The molecule has 1 aliphatic heterocycles. The molecule has 0 aliphatic carbocycles. The van der Waals surface area contributed by atoms with Crippen LogP contribution >= 0.6 is 0 Å². The highest BCUT2D eigenvalue weighted by Gasteiger charge is 2.29. The first-order chi connectivity index (χ1) is 12.8. The summed E-state index contributed by atoms with van der Waals surface area (Å²) < 4.78 is 0. The van der Waals surface area contributed by atoms with Crippen molar-refractivity contribution in [1.29, 1.82) is 0 Å². The molecule has 1 fully saturated rings. The van der Waals surface area contributed by atoms with Crippen molar-refractivity contribution in [2.45, 2.75) is 40.7 Å². The lowest BCUT2D eigenvalue weighted by atomic mass is 10.0. The standard InChI is InChI=1S/C22H29N3O2/c1-14-7-6-8-19(13-14)25-11-9-24(10-12-25)17(4)22(27)21-15(2)20(18(5)26)16(3)23-21/h6-8,13,17,23H,9-12H2,1-5H3/t17-/m0/s1. The van der Waals surface area contributed by atoms with E-state index in [9.17, 15) is 9.59 Å². The van der Waals surface area contributed by atoms with E-state index >= 15 is 0 Å². The minimum atomic E-state index is -0.207. The Balaban J connectivity index is 1.69. The van der Waals surface area contributed by atoms with Crippen molar-refractivity contribution in [2.75, 3.05) is 31.1 Å². The van der Waals surface area contributed by atoms with Gasteiger partial charge in [-0.25, -0.2) is 0 Å². The second-order valence-electron chi connectivity index (χ2n) is 7.58. The maximum absolute atomic E-state index is 13.1. The number of aromatic nitrogens is 1. The molecule has 0 amide bonds. The van der Waals surface area contributed by atoms with Crippen LogP contribution in [-0.2, 0) is 0 Å². The van der Waals surface area contributed by atoms with E-state index in [1.165, 1.54) is 11.3 Å². The van der Waals surface area contributed by atoms with Gasteiger partial charge < -0.3 is 9.88 Å². The van der Waals surface area contributed by atoms with Crippen molar-refractivity contribution in [3.05, 3.63) is 52.3 Å². The van der Waals surface area contributed by atoms with Crippen molar-refractivity contribution in [3.8, 4) is 0 Å². The quantitative estimate of drug-likeness (QED) is 0.822. The number of anilines is 1. The summed E-state index contributed by atoms with van der Waals surface area (Å²) >= 11 is 0. The van der Waals surface area contributed by atoms with Crippen LogP contribution in [0, 0.1) is 20.8 Å². The van der Waals surface area contributed by atoms with Gasteiger partial charge in [-0.3, -0.25) is 14.5 Å². The predicted molar refractivity (Wildman–Crippen MR) is 109 cm³/mol. The van der Waals surface area contributed by atoms with Gasteiger partial charge in [0.05, 0.1) is 11.7 Å². The molecular weight excluding hydrogens is 338 g/mol. The smallest absolute Gasteiger partial charge is 0.196 e. The van der Waals surface area contributed by atoms with E-state index in [1.54, 1.807) is 6.92 Å². The van der Waals surface area contributed by atoms with Gasteiger partial charge in [0, 0.05) is 43.1 Å². The molecule has 0 radical (unpaired) electrons. The van der Waals surface area contributed by atoms with E-state index < -0.39 is 0 Å². The fourth-order valence-corrected chi connectivity index (χ4v) is 4.09. The summed E-state index contributed by atoms with van der Waals surface area (Å²) in [6.45, 7) is 12.8. The summed E-state index contributed by atoms with van der Waals surface area (Å²) in [5.74, 6) is 0.0619. The van der Waals surface area contributed by atoms with Gasteiger partial charge in [-0.05, 0) is 57.9 Å². The first kappa shape index (κ1) is 19.4. The molecule has 5 nitrogen and oxygen atoms in total. The molecule has 0 bridgehead atoms. The topological polar surface area (TPSA) is 56.4 Å². The largest absolute Gasteiger partial charge is 0.369 e. The van der Waals surface area contributed by atoms with E-state index in [-0.39, 0.29) is 17.6 Å². The number of nitrogens with zero attached hydrogens (tertiary/aromatic N) is 2. The second kappa shape index (κ2) is 7.69. The molecule has 27 heavy (non-hydrogen) atoms. The maximum atomic E-state index is 13.1. The van der Waals surface area contributed by atoms with Gasteiger partial charge in [-0.2, -0.15) is 0 Å². The van der Waals surface area contributed by atoms with E-state index in [0.29, 0.717) is 11.3 Å². The molecular formula is C22H29N3O2. The second-order valence-corrected chi connectivity index (χ2v) is 7.58. The van der Waals surface area contributed by atoms with Crippen molar-refractivity contribution in [3.63, 3.8) is 0 Å². The van der Waals surface area contributed by atoms with Crippen LogP contribution in [0.25, 0.3) is 0 Å². The van der Waals surface area contributed by atoms with Crippen molar-refractivity contribution < 1.29 is 9.59 Å². The molecule has 0 saturated carbocycles. The van der Waals surface area contributed by atoms with Gasteiger partial charge in [0.15, 0.2) is 11.6 Å². The summed E-state index contributed by atoms with van der Waals surface area (Å²) in [5.41, 5.74) is 5.28. The minimum absolute atomic E-state index is 0.000257. The lowest BCUT2D eigenvalue weighted by Crippen LogP contribution is -2.52. The third-order valence-electron chi connectivity index (χ3n) is 5.64. The number of carbonyl (C=O) groups excluding carboxylic acids is 2. The van der Waals surface area contributed by atoms with Crippen LogP contribution < -0.4 is 4.90 Å². The highest BCUT2D eigenvalue weighted by atomic mass is 16.1. The Bertz CT molecular complexity index is 860. The Labute approximate surface area is 161 Å². The average molecular weight is 367 g/mol. The number of hydrogen-bond acceptors (Lipinski definition) is 4. The molecule has 144 valence electrons. The lowest BCUT2D eigenvalue weighted by molar-refractivity contribution is 0.0824. The Kier molecular flexibility index (Phi) is 5.51. The zero-order valence-electron chi connectivity index (χ0n) is 16.9. The summed E-state index contributed by atoms with van der Waals surface area (Å²) in [5, 5.41) is 0. The Morgan fingerprint density at radius 1 is 1.07 bits per heavy atom. The van der Waals surface area contributed by atoms with Crippen LogP contribution in [0.5, 0.6) is 0 Å². The van der Waals surface area contributed by atoms with Crippen LogP contribution in [0.15, 0.2) is 24.3 Å². The highest BCUT2D eigenvalue weighted by Crippen LogP contribution is 2.23. The molecule has 1 aromatic heterocycles. The number of aryl methyl sites for hydroxylation is 2. The number of benzene rings is 1. The molecule has 1 aromatic carbocycles. The van der Waals surface area contributed by atoms with Crippen molar-refractivity contribution in [1.82, 2.24) is 9.88 Å². The van der Waals surface area contributed by atoms with Crippen LogP contribution in [-0.4, -0.2) is 53.7 Å². The molecule has 1 saturated heterocycles. The van der Waals surface area contributed by atoms with Gasteiger partial charge in [-0.1, -0.05) is 12.1 Å². The Morgan fingerprint density at radius 2 is 1.74 bits per heavy atom. The molecule has 3 rings (SSSR count). The SMILES string of the molecule is CC(=O)c1c(C)[nH]c(C(=O)[C@H](C)N2CCN(c3cccc(C)c3)CC2)c1C. The predicted octanol–water partition coefficient (Wildman–Crippen LogP) is 3.54. The number of Topliss-reactive ketones (excluding diaryl/α,β-unsaturated/α-hetero) is 2. The zero-order valence-corrected chi connectivity index (χ0v) is 16.9. The van der Waals surface area contributed by atoms with Gasteiger partial charge in [-0.15, -0.1) is 0 Å². The maximum Gasteiger partial charge on any atom is 0.196 e. The number of hydrogen-bond donors (Lipinski definition) is 1. The average Bonchev–Trinajstić information content (AvgIpc) is 2.95. The van der Waals surface area contributed by atoms with Gasteiger partial charge in [0.2, 0.25) is 0 Å². The van der Waals surface area contributed by atoms with E-state index in [1.807, 2.05) is 20.8 Å². The lowest BCUT2D eigenvalue weighted by Gasteiger charge is -2.38. The number of ketones is 2. The molecule has 0 unspecified atom stereocenters. The van der Waals surface area contributed by atoms with Crippen LogP contribution in [0.4, 0.5) is 5.69 Å². The highest BCUT2D eigenvalue weighted by molar-refractivity contribution is 6.05. The molecule has 1 atom stereocenters. The summed E-state index contributed by atoms with van der Waals surface area (Å²) in [4.78, 5) is 32.6. The number of H-pyrrole nitrogens is 1. The van der Waals surface area contributed by atoms with Gasteiger partial charge >= 0.3 is 0 Å². The summed E-state index contributed by atoms with van der Waals surface area (Å²) in [6, 6.07) is 8.34. The molecule has 1 aliphatic rings. The molecule has 0 spiro atoms. The minimum Gasteiger partial charge on any atom is -0.369 e. The number of piperazine rings is 1. The monoisotopic (exact) mass is 367 g/mol. The molecule has 2 heterocycles. The van der Waals surface area contributed by atoms with Crippen LogP contribution in [0.1, 0.15) is 51.5 Å². The van der Waals surface area contributed by atoms with Gasteiger partial charge in [0.25, 0.3) is 0 Å². The first-order valence-corrected chi connectivity index (χ1v) is 9.59. The number of carbonyl (C=O) groups is 2. The zero-order chi connectivity index (χ0) is 19.7. The van der Waals surface area contributed by atoms with E-state index in [4.69, 9.17) is 0 Å². The number of rotatable bonds is 5. The fraction of sp³-hybridized carbons (Fsp3) is 0.455. The van der Waals surface area contributed by atoms with Gasteiger partial charge in [0.1, 0.15) is 0 Å². The first-order valence-electron chi connectivity index (χ1n) is 9.59.